The number of primary amides is 1. The van der Waals surface area contributed by atoms with Crippen LogP contribution in [0.1, 0.15) is 36.3 Å². The molecule has 8 nitrogen and oxygen atoms in total. The fourth-order valence-corrected chi connectivity index (χ4v) is 2.00. The highest BCUT2D eigenvalue weighted by atomic mass is 16.4. The van der Waals surface area contributed by atoms with Gasteiger partial charge < -0.3 is 26.5 Å². The van der Waals surface area contributed by atoms with Crippen LogP contribution in [0, 0.1) is 12.8 Å². The Morgan fingerprint density at radius 3 is 2.48 bits per heavy atom. The highest BCUT2D eigenvalue weighted by Crippen LogP contribution is 2.19. The van der Waals surface area contributed by atoms with Gasteiger partial charge in [-0.2, -0.15) is 0 Å². The highest BCUT2D eigenvalue weighted by molar-refractivity contribution is 6.03. The van der Waals surface area contributed by atoms with Gasteiger partial charge in [0.1, 0.15) is 11.6 Å². The molecule has 0 radical (unpaired) electrons. The molecule has 0 aliphatic heterocycles. The lowest BCUT2D eigenvalue weighted by molar-refractivity contribution is -0.118. The molecule has 1 heterocycles. The zero-order chi connectivity index (χ0) is 16.2. The van der Waals surface area contributed by atoms with E-state index in [0.29, 0.717) is 12.1 Å². The lowest BCUT2D eigenvalue weighted by Crippen LogP contribution is -2.46. The van der Waals surface area contributed by atoms with Gasteiger partial charge in [0.2, 0.25) is 5.91 Å². The van der Waals surface area contributed by atoms with Crippen LogP contribution < -0.4 is 16.4 Å². The number of carboxylic acids is 1. The predicted octanol–water partition coefficient (Wildman–Crippen LogP) is 1.04. The smallest absolute Gasteiger partial charge is 0.339 e. The van der Waals surface area contributed by atoms with Crippen molar-refractivity contribution in [2.45, 2.75) is 33.2 Å². The summed E-state index contributed by atoms with van der Waals surface area (Å²) in [5, 5.41) is 14.0. The minimum Gasteiger partial charge on any atom is -0.478 e. The predicted molar refractivity (Wildman–Crippen MR) is 77.1 cm³/mol. The van der Waals surface area contributed by atoms with E-state index in [1.54, 1.807) is 6.92 Å². The second-order valence-electron chi connectivity index (χ2n) is 5.19. The Labute approximate surface area is 122 Å². The third kappa shape index (κ3) is 4.51. The summed E-state index contributed by atoms with van der Waals surface area (Å²) in [7, 11) is 0. The van der Waals surface area contributed by atoms with Gasteiger partial charge in [-0.1, -0.05) is 13.8 Å². The minimum atomic E-state index is -1.15. The van der Waals surface area contributed by atoms with Gasteiger partial charge in [0.25, 0.3) is 0 Å². The molecule has 0 fully saturated rings. The number of aromatic amines is 1. The van der Waals surface area contributed by atoms with Crippen LogP contribution in [0.15, 0.2) is 6.20 Å². The molecular weight excluding hydrogens is 276 g/mol. The summed E-state index contributed by atoms with van der Waals surface area (Å²) in [6, 6.07) is -1.63. The van der Waals surface area contributed by atoms with Crippen molar-refractivity contribution in [3.8, 4) is 0 Å². The first-order valence-electron chi connectivity index (χ1n) is 6.50. The molecule has 6 N–H and O–H groups in total. The molecule has 116 valence electrons. The van der Waals surface area contributed by atoms with E-state index in [2.05, 4.69) is 15.6 Å². The van der Waals surface area contributed by atoms with E-state index in [0.717, 1.165) is 0 Å². The number of aryl methyl sites for hydroxylation is 1. The van der Waals surface area contributed by atoms with Gasteiger partial charge in [0, 0.05) is 11.9 Å². The Morgan fingerprint density at radius 2 is 2.00 bits per heavy atom. The molecule has 1 atom stereocenters. The first-order valence-corrected chi connectivity index (χ1v) is 6.50. The number of carbonyl (C=O) groups is 3. The molecule has 3 amide bonds. The van der Waals surface area contributed by atoms with Crippen LogP contribution in [0.2, 0.25) is 0 Å². The number of urea groups is 1. The minimum absolute atomic E-state index is 0.00859. The maximum Gasteiger partial charge on any atom is 0.339 e. The number of aromatic carboxylic acids is 1. The topological polar surface area (TPSA) is 137 Å². The average molecular weight is 296 g/mol. The monoisotopic (exact) mass is 296 g/mol. The van der Waals surface area contributed by atoms with E-state index in [-0.39, 0.29) is 17.2 Å². The number of rotatable bonds is 6. The highest BCUT2D eigenvalue weighted by Gasteiger charge is 2.24. The lowest BCUT2D eigenvalue weighted by atomic mass is 10.0. The van der Waals surface area contributed by atoms with Crippen LogP contribution in [-0.4, -0.2) is 34.0 Å². The molecule has 0 aliphatic rings. The summed E-state index contributed by atoms with van der Waals surface area (Å²) in [5.41, 5.74) is 5.63. The molecule has 0 aromatic carbocycles. The second-order valence-corrected chi connectivity index (χ2v) is 5.19. The van der Waals surface area contributed by atoms with Crippen molar-refractivity contribution in [2.75, 3.05) is 5.32 Å². The number of anilines is 1. The molecule has 0 saturated heterocycles. The summed E-state index contributed by atoms with van der Waals surface area (Å²) in [4.78, 5) is 37.0. The third-order valence-corrected chi connectivity index (χ3v) is 2.89. The van der Waals surface area contributed by atoms with Gasteiger partial charge in [-0.25, -0.2) is 9.59 Å². The van der Waals surface area contributed by atoms with Crippen molar-refractivity contribution in [2.24, 2.45) is 11.7 Å². The summed E-state index contributed by atoms with van der Waals surface area (Å²) in [6.07, 6.45) is 1.79. The maximum absolute atomic E-state index is 12.2. The van der Waals surface area contributed by atoms with Crippen LogP contribution in [0.5, 0.6) is 0 Å². The van der Waals surface area contributed by atoms with Crippen LogP contribution in [0.3, 0.4) is 0 Å². The molecule has 1 unspecified atom stereocenters. The zero-order valence-electron chi connectivity index (χ0n) is 12.2. The molecular formula is C13H20N4O4. The molecule has 21 heavy (non-hydrogen) atoms. The number of aromatic nitrogens is 1. The standard InChI is InChI=1S/C13H20N4O4/c1-6(2)4-8(17-13(14)21)11(18)16-9-5-15-7(3)10(9)12(19)20/h5-6,8,15H,4H2,1-3H3,(H,16,18)(H,19,20)(H3,14,17,21). The molecule has 1 aromatic rings. The fourth-order valence-electron chi connectivity index (χ4n) is 2.00. The van der Waals surface area contributed by atoms with E-state index >= 15 is 0 Å². The van der Waals surface area contributed by atoms with Crippen LogP contribution in [-0.2, 0) is 4.79 Å². The van der Waals surface area contributed by atoms with Crippen molar-refractivity contribution in [3.63, 3.8) is 0 Å². The van der Waals surface area contributed by atoms with Crippen molar-refractivity contribution >= 4 is 23.6 Å². The van der Waals surface area contributed by atoms with Gasteiger partial charge in [-0.3, -0.25) is 4.79 Å². The third-order valence-electron chi connectivity index (χ3n) is 2.89. The molecule has 1 rings (SSSR count). The number of carboxylic acid groups (broad SMARTS) is 1. The molecule has 0 bridgehead atoms. The molecule has 0 saturated carbocycles. The van der Waals surface area contributed by atoms with Crippen molar-refractivity contribution in [1.82, 2.24) is 10.3 Å². The number of hydrogen-bond acceptors (Lipinski definition) is 3. The van der Waals surface area contributed by atoms with Crippen LogP contribution >= 0.6 is 0 Å². The summed E-state index contributed by atoms with van der Waals surface area (Å²) in [5.74, 6) is -1.50. The number of amides is 3. The Balaban J connectivity index is 2.91. The Hall–Kier alpha value is -2.51. The SMILES string of the molecule is Cc1[nH]cc(NC(=O)C(CC(C)C)NC(N)=O)c1C(=O)O. The molecule has 1 aromatic heterocycles. The van der Waals surface area contributed by atoms with Gasteiger partial charge >= 0.3 is 12.0 Å². The summed E-state index contributed by atoms with van der Waals surface area (Å²) in [6.45, 7) is 5.38. The first-order chi connectivity index (χ1) is 9.72. The number of nitrogens with two attached hydrogens (primary N) is 1. The Kier molecular flexibility index (Phi) is 5.34. The fraction of sp³-hybridized carbons (Fsp3) is 0.462. The summed E-state index contributed by atoms with van der Waals surface area (Å²) < 4.78 is 0. The lowest BCUT2D eigenvalue weighted by Gasteiger charge is -2.19. The molecule has 0 spiro atoms. The van der Waals surface area contributed by atoms with Gasteiger partial charge in [-0.05, 0) is 19.3 Å². The second kappa shape index (κ2) is 6.78. The summed E-state index contributed by atoms with van der Waals surface area (Å²) >= 11 is 0. The number of carbonyl (C=O) groups excluding carboxylic acids is 2. The number of H-pyrrole nitrogens is 1. The van der Waals surface area contributed by atoms with E-state index in [1.165, 1.54) is 6.20 Å². The normalized spacial score (nSPS) is 12.0. The first kappa shape index (κ1) is 16.5. The van der Waals surface area contributed by atoms with Gasteiger partial charge in [-0.15, -0.1) is 0 Å². The van der Waals surface area contributed by atoms with Gasteiger partial charge in [0.05, 0.1) is 5.69 Å². The number of nitrogens with one attached hydrogen (secondary N) is 3. The van der Waals surface area contributed by atoms with E-state index in [9.17, 15) is 14.4 Å². The zero-order valence-corrected chi connectivity index (χ0v) is 12.2. The largest absolute Gasteiger partial charge is 0.478 e. The number of hydrogen-bond donors (Lipinski definition) is 5. The maximum atomic E-state index is 12.2. The van der Waals surface area contributed by atoms with Crippen molar-refractivity contribution < 1.29 is 19.5 Å². The quantitative estimate of drug-likeness (QED) is 0.535. The van der Waals surface area contributed by atoms with E-state index in [4.69, 9.17) is 10.8 Å². The van der Waals surface area contributed by atoms with Crippen molar-refractivity contribution in [1.29, 1.82) is 0 Å². The van der Waals surface area contributed by atoms with Crippen LogP contribution in [0.4, 0.5) is 10.5 Å². The Bertz CT molecular complexity index is 550. The van der Waals surface area contributed by atoms with E-state index in [1.807, 2.05) is 13.8 Å². The average Bonchev–Trinajstić information content (AvgIpc) is 2.68. The Morgan fingerprint density at radius 1 is 1.38 bits per heavy atom. The van der Waals surface area contributed by atoms with E-state index < -0.39 is 23.9 Å². The van der Waals surface area contributed by atoms with Crippen molar-refractivity contribution in [3.05, 3.63) is 17.5 Å². The molecule has 8 heteroatoms. The van der Waals surface area contributed by atoms with Gasteiger partial charge in [0.15, 0.2) is 0 Å². The van der Waals surface area contributed by atoms with Crippen LogP contribution in [0.25, 0.3) is 0 Å². The molecule has 0 aliphatic carbocycles.